The highest BCUT2D eigenvalue weighted by Crippen LogP contribution is 1.99. The van der Waals surface area contributed by atoms with E-state index < -0.39 is 6.10 Å². The Kier molecular flexibility index (Phi) is 5.15. The summed E-state index contributed by atoms with van der Waals surface area (Å²) in [4.78, 5) is 0. The van der Waals surface area contributed by atoms with Gasteiger partial charge >= 0.3 is 0 Å². The first-order chi connectivity index (χ1) is 4.18. The molecule has 2 atom stereocenters. The van der Waals surface area contributed by atoms with Gasteiger partial charge in [0.2, 0.25) is 0 Å². The summed E-state index contributed by atoms with van der Waals surface area (Å²) in [7, 11) is 0. The third-order valence-electron chi connectivity index (χ3n) is 1.29. The van der Waals surface area contributed by atoms with Crippen LogP contribution in [0.4, 0.5) is 0 Å². The minimum absolute atomic E-state index is 0.108. The van der Waals surface area contributed by atoms with Crippen molar-refractivity contribution < 1.29 is 5.11 Å². The van der Waals surface area contributed by atoms with Crippen molar-refractivity contribution in [3.8, 4) is 0 Å². The fraction of sp³-hybridized carbons (Fsp3) is 1.00. The predicted octanol–water partition coefficient (Wildman–Crippen LogP) is 0.713. The molecule has 0 saturated heterocycles. The van der Waals surface area contributed by atoms with Crippen molar-refractivity contribution in [1.29, 1.82) is 0 Å². The maximum Gasteiger partial charge on any atom is 0.0662 e. The van der Waals surface area contributed by atoms with Crippen LogP contribution in [0.3, 0.4) is 0 Å². The van der Waals surface area contributed by atoms with Crippen LogP contribution < -0.4 is 5.73 Å². The Labute approximate surface area is 61.0 Å². The first-order valence-corrected chi connectivity index (χ1v) is 3.71. The molecule has 0 aromatic heterocycles. The van der Waals surface area contributed by atoms with E-state index in [-0.39, 0.29) is 6.04 Å². The van der Waals surface area contributed by atoms with Crippen molar-refractivity contribution in [3.05, 3.63) is 0 Å². The minimum Gasteiger partial charge on any atom is -0.392 e. The molecule has 0 aliphatic carbocycles. The maximum absolute atomic E-state index is 8.88. The topological polar surface area (TPSA) is 46.2 Å². The number of rotatable bonds is 4. The van der Waals surface area contributed by atoms with Crippen molar-refractivity contribution in [2.75, 3.05) is 5.88 Å². The first-order valence-electron chi connectivity index (χ1n) is 3.18. The lowest BCUT2D eigenvalue weighted by Gasteiger charge is -2.12. The second-order valence-corrected chi connectivity index (χ2v) is 2.61. The number of alkyl halides is 1. The van der Waals surface area contributed by atoms with E-state index >= 15 is 0 Å². The number of halogens is 1. The van der Waals surface area contributed by atoms with Crippen LogP contribution in [0.1, 0.15) is 19.8 Å². The zero-order valence-corrected chi connectivity index (χ0v) is 6.43. The van der Waals surface area contributed by atoms with E-state index in [1.54, 1.807) is 6.92 Å². The van der Waals surface area contributed by atoms with Gasteiger partial charge in [0.25, 0.3) is 0 Å². The summed E-state index contributed by atoms with van der Waals surface area (Å²) in [6.45, 7) is 1.69. The van der Waals surface area contributed by atoms with E-state index in [1.165, 1.54) is 0 Å². The zero-order chi connectivity index (χ0) is 7.28. The zero-order valence-electron chi connectivity index (χ0n) is 5.68. The van der Waals surface area contributed by atoms with Crippen LogP contribution in [0, 0.1) is 0 Å². The van der Waals surface area contributed by atoms with Gasteiger partial charge in [-0.3, -0.25) is 0 Å². The third kappa shape index (κ3) is 4.70. The molecule has 0 bridgehead atoms. The van der Waals surface area contributed by atoms with Gasteiger partial charge in [0.05, 0.1) is 6.10 Å². The molecule has 0 rings (SSSR count). The molecule has 2 nitrogen and oxygen atoms in total. The Balaban J connectivity index is 3.16. The normalized spacial score (nSPS) is 17.3. The standard InChI is InChI=1S/C6H14ClNO/c1-5(9)6(8)3-2-4-7/h5-6,9H,2-4,8H2,1H3. The molecule has 0 fully saturated rings. The van der Waals surface area contributed by atoms with Gasteiger partial charge in [-0.25, -0.2) is 0 Å². The van der Waals surface area contributed by atoms with Gasteiger partial charge in [-0.2, -0.15) is 0 Å². The molecular formula is C6H14ClNO. The number of aliphatic hydroxyl groups excluding tert-OH is 1. The van der Waals surface area contributed by atoms with Crippen molar-refractivity contribution >= 4 is 11.6 Å². The Bertz CT molecular complexity index is 68.1. The van der Waals surface area contributed by atoms with E-state index in [2.05, 4.69) is 0 Å². The Hall–Kier alpha value is 0.210. The van der Waals surface area contributed by atoms with Crippen LogP contribution in [0.5, 0.6) is 0 Å². The predicted molar refractivity (Wildman–Crippen MR) is 39.6 cm³/mol. The first kappa shape index (κ1) is 9.21. The highest BCUT2D eigenvalue weighted by Gasteiger charge is 2.06. The molecule has 3 N–H and O–H groups in total. The van der Waals surface area contributed by atoms with Gasteiger partial charge < -0.3 is 10.8 Å². The lowest BCUT2D eigenvalue weighted by Crippen LogP contribution is -2.32. The molecule has 9 heavy (non-hydrogen) atoms. The SMILES string of the molecule is CC(O)C(N)CCCCl. The summed E-state index contributed by atoms with van der Waals surface area (Å²) in [6.07, 6.45) is 1.28. The van der Waals surface area contributed by atoms with Gasteiger partial charge in [0.1, 0.15) is 0 Å². The number of nitrogens with two attached hydrogens (primary N) is 1. The summed E-state index contributed by atoms with van der Waals surface area (Å²) in [5, 5.41) is 8.88. The van der Waals surface area contributed by atoms with E-state index in [9.17, 15) is 0 Å². The monoisotopic (exact) mass is 151 g/mol. The fourth-order valence-electron chi connectivity index (χ4n) is 0.554. The lowest BCUT2D eigenvalue weighted by molar-refractivity contribution is 0.159. The summed E-state index contributed by atoms with van der Waals surface area (Å²) in [6, 6.07) is -0.108. The van der Waals surface area contributed by atoms with Gasteiger partial charge in [0, 0.05) is 11.9 Å². The van der Waals surface area contributed by atoms with Crippen LogP contribution >= 0.6 is 11.6 Å². The summed E-state index contributed by atoms with van der Waals surface area (Å²) in [5.74, 6) is 0.625. The maximum atomic E-state index is 8.88. The number of hydrogen-bond acceptors (Lipinski definition) is 2. The number of hydrogen-bond donors (Lipinski definition) is 2. The van der Waals surface area contributed by atoms with Crippen LogP contribution in [0.25, 0.3) is 0 Å². The molecule has 0 spiro atoms. The quantitative estimate of drug-likeness (QED) is 0.582. The molecule has 0 aliphatic rings. The second-order valence-electron chi connectivity index (χ2n) is 2.24. The highest BCUT2D eigenvalue weighted by atomic mass is 35.5. The minimum atomic E-state index is -0.409. The average Bonchev–Trinajstić information content (AvgIpc) is 1.82. The summed E-state index contributed by atoms with van der Waals surface area (Å²) in [5.41, 5.74) is 5.49. The van der Waals surface area contributed by atoms with E-state index in [0.717, 1.165) is 12.8 Å². The van der Waals surface area contributed by atoms with Gasteiger partial charge in [0.15, 0.2) is 0 Å². The molecule has 0 amide bonds. The van der Waals surface area contributed by atoms with E-state index in [1.807, 2.05) is 0 Å². The molecule has 0 radical (unpaired) electrons. The van der Waals surface area contributed by atoms with Crippen molar-refractivity contribution in [1.82, 2.24) is 0 Å². The molecule has 0 aromatic carbocycles. The lowest BCUT2D eigenvalue weighted by atomic mass is 10.1. The largest absolute Gasteiger partial charge is 0.392 e. The molecule has 0 aliphatic heterocycles. The van der Waals surface area contributed by atoms with Gasteiger partial charge in [-0.15, -0.1) is 11.6 Å². The summed E-state index contributed by atoms with van der Waals surface area (Å²) >= 11 is 5.41. The fourth-order valence-corrected chi connectivity index (χ4v) is 0.708. The van der Waals surface area contributed by atoms with Crippen LogP contribution in [-0.4, -0.2) is 23.1 Å². The Morgan fingerprint density at radius 1 is 1.67 bits per heavy atom. The van der Waals surface area contributed by atoms with Crippen molar-refractivity contribution in [2.24, 2.45) is 5.73 Å². The highest BCUT2D eigenvalue weighted by molar-refractivity contribution is 6.17. The molecule has 0 saturated carbocycles. The Morgan fingerprint density at radius 3 is 2.56 bits per heavy atom. The van der Waals surface area contributed by atoms with Crippen LogP contribution in [0.2, 0.25) is 0 Å². The van der Waals surface area contributed by atoms with Crippen LogP contribution in [0.15, 0.2) is 0 Å². The molecule has 0 aromatic rings. The van der Waals surface area contributed by atoms with Crippen molar-refractivity contribution in [3.63, 3.8) is 0 Å². The molecule has 0 heterocycles. The average molecular weight is 152 g/mol. The molecule has 56 valence electrons. The van der Waals surface area contributed by atoms with E-state index in [0.29, 0.717) is 5.88 Å². The van der Waals surface area contributed by atoms with Gasteiger partial charge in [-0.05, 0) is 19.8 Å². The van der Waals surface area contributed by atoms with E-state index in [4.69, 9.17) is 22.4 Å². The third-order valence-corrected chi connectivity index (χ3v) is 1.56. The summed E-state index contributed by atoms with van der Waals surface area (Å²) < 4.78 is 0. The number of aliphatic hydroxyl groups is 1. The molecular weight excluding hydrogens is 138 g/mol. The second kappa shape index (κ2) is 5.03. The molecule has 3 heteroatoms. The van der Waals surface area contributed by atoms with Crippen molar-refractivity contribution in [2.45, 2.75) is 31.9 Å². The molecule has 2 unspecified atom stereocenters. The van der Waals surface area contributed by atoms with Gasteiger partial charge in [-0.1, -0.05) is 0 Å². The van der Waals surface area contributed by atoms with Crippen LogP contribution in [-0.2, 0) is 0 Å². The Morgan fingerprint density at radius 2 is 2.22 bits per heavy atom. The smallest absolute Gasteiger partial charge is 0.0662 e.